The van der Waals surface area contributed by atoms with E-state index in [2.05, 4.69) is 50.3 Å². The van der Waals surface area contributed by atoms with E-state index in [1.807, 2.05) is 0 Å². The number of allylic oxidation sites excluding steroid dienone is 5. The second kappa shape index (κ2) is 37.6. The van der Waals surface area contributed by atoms with E-state index in [0.717, 1.165) is 57.8 Å². The maximum Gasteiger partial charge on any atom is 0.306 e. The number of esters is 1. The molecule has 0 rings (SSSR count). The number of hydrogen-bond acceptors (Lipinski definition) is 3. The minimum atomic E-state index is -0.722. The first-order valence-electron chi connectivity index (χ1n) is 20.0. The molecule has 1 unspecified atom stereocenters. The van der Waals surface area contributed by atoms with Gasteiger partial charge in [-0.3, -0.25) is 9.59 Å². The summed E-state index contributed by atoms with van der Waals surface area (Å²) in [5.41, 5.74) is 0. The third-order valence-corrected chi connectivity index (χ3v) is 8.82. The van der Waals surface area contributed by atoms with E-state index < -0.39 is 5.97 Å². The Labute approximate surface area is 286 Å². The molecule has 0 aromatic rings. The first kappa shape index (κ1) is 44.2. The lowest BCUT2D eigenvalue weighted by Crippen LogP contribution is -2.16. The number of carbonyl (C=O) groups excluding carboxylic acids is 1. The van der Waals surface area contributed by atoms with E-state index in [1.54, 1.807) is 0 Å². The van der Waals surface area contributed by atoms with Gasteiger partial charge in [0, 0.05) is 12.8 Å². The van der Waals surface area contributed by atoms with E-state index in [4.69, 9.17) is 9.84 Å². The summed E-state index contributed by atoms with van der Waals surface area (Å²) in [6, 6.07) is 0. The zero-order valence-electron chi connectivity index (χ0n) is 30.6. The lowest BCUT2D eigenvalue weighted by Gasteiger charge is -2.15. The Bertz CT molecular complexity index is 738. The van der Waals surface area contributed by atoms with Gasteiger partial charge < -0.3 is 9.84 Å². The Kier molecular flexibility index (Phi) is 36.1. The zero-order valence-corrected chi connectivity index (χ0v) is 30.6. The normalized spacial score (nSPS) is 12.6. The van der Waals surface area contributed by atoms with Crippen LogP contribution in [0.2, 0.25) is 0 Å². The summed E-state index contributed by atoms with van der Waals surface area (Å²) >= 11 is 0. The molecule has 46 heavy (non-hydrogen) atoms. The summed E-state index contributed by atoms with van der Waals surface area (Å²) in [5, 5.41) is 8.80. The molecule has 0 spiro atoms. The van der Waals surface area contributed by atoms with Gasteiger partial charge in [0.2, 0.25) is 0 Å². The highest BCUT2D eigenvalue weighted by Gasteiger charge is 2.11. The van der Waals surface area contributed by atoms with Gasteiger partial charge in [-0.25, -0.2) is 0 Å². The Morgan fingerprint density at radius 1 is 0.500 bits per heavy atom. The number of carboxylic acids is 1. The quantitative estimate of drug-likeness (QED) is 0.0419. The molecular formula is C42H76O4. The van der Waals surface area contributed by atoms with Crippen LogP contribution in [0.15, 0.2) is 36.5 Å². The van der Waals surface area contributed by atoms with Crippen LogP contribution in [0, 0.1) is 0 Å². The number of rotatable bonds is 36. The van der Waals surface area contributed by atoms with Gasteiger partial charge in [-0.15, -0.1) is 0 Å². The molecule has 0 saturated carbocycles. The number of aliphatic carboxylic acids is 1. The topological polar surface area (TPSA) is 63.6 Å². The molecule has 4 heteroatoms. The van der Waals surface area contributed by atoms with Crippen molar-refractivity contribution in [3.05, 3.63) is 36.5 Å². The van der Waals surface area contributed by atoms with Crippen molar-refractivity contribution < 1.29 is 19.4 Å². The van der Waals surface area contributed by atoms with Crippen LogP contribution in [0.5, 0.6) is 0 Å². The minimum absolute atomic E-state index is 0.0673. The molecule has 1 atom stereocenters. The predicted octanol–water partition coefficient (Wildman–Crippen LogP) is 13.8. The van der Waals surface area contributed by atoms with Crippen LogP contribution in [-0.4, -0.2) is 23.1 Å². The van der Waals surface area contributed by atoms with Gasteiger partial charge in [0.1, 0.15) is 6.10 Å². The highest BCUT2D eigenvalue weighted by molar-refractivity contribution is 5.69. The van der Waals surface area contributed by atoms with Gasteiger partial charge in [-0.2, -0.15) is 0 Å². The summed E-state index contributed by atoms with van der Waals surface area (Å²) in [5.74, 6) is -0.789. The van der Waals surface area contributed by atoms with Crippen molar-refractivity contribution in [1.82, 2.24) is 0 Å². The van der Waals surface area contributed by atoms with Crippen LogP contribution in [-0.2, 0) is 14.3 Å². The molecule has 0 bridgehead atoms. The second-order valence-corrected chi connectivity index (χ2v) is 13.5. The third-order valence-electron chi connectivity index (χ3n) is 8.82. The Morgan fingerprint density at radius 3 is 1.43 bits per heavy atom. The highest BCUT2D eigenvalue weighted by Crippen LogP contribution is 2.16. The molecule has 0 saturated heterocycles. The average molecular weight is 645 g/mol. The first-order chi connectivity index (χ1) is 22.6. The van der Waals surface area contributed by atoms with Crippen molar-refractivity contribution >= 4 is 11.9 Å². The van der Waals surface area contributed by atoms with Crippen LogP contribution in [0.4, 0.5) is 0 Å². The molecule has 0 aliphatic rings. The van der Waals surface area contributed by atoms with E-state index in [1.165, 1.54) is 128 Å². The largest absolute Gasteiger partial charge is 0.481 e. The van der Waals surface area contributed by atoms with Gasteiger partial charge in [0.05, 0.1) is 0 Å². The number of ether oxygens (including phenoxy) is 1. The summed E-state index contributed by atoms with van der Waals surface area (Å²) in [6.45, 7) is 4.50. The van der Waals surface area contributed by atoms with Gasteiger partial charge in [-0.05, 0) is 76.7 Å². The van der Waals surface area contributed by atoms with E-state index >= 15 is 0 Å². The lowest BCUT2D eigenvalue weighted by molar-refractivity contribution is -0.147. The van der Waals surface area contributed by atoms with Crippen LogP contribution < -0.4 is 0 Å². The molecule has 0 aromatic heterocycles. The van der Waals surface area contributed by atoms with Crippen molar-refractivity contribution in [1.29, 1.82) is 0 Å². The van der Waals surface area contributed by atoms with E-state index in [-0.39, 0.29) is 18.5 Å². The highest BCUT2D eigenvalue weighted by atomic mass is 16.5. The zero-order chi connectivity index (χ0) is 33.6. The number of unbranched alkanes of at least 4 members (excludes halogenated alkanes) is 23. The molecule has 0 radical (unpaired) electrons. The van der Waals surface area contributed by atoms with Crippen LogP contribution in [0.3, 0.4) is 0 Å². The molecule has 1 N–H and O–H groups in total. The number of carbonyl (C=O) groups is 2. The fourth-order valence-corrected chi connectivity index (χ4v) is 5.83. The molecule has 0 aromatic carbocycles. The van der Waals surface area contributed by atoms with Crippen molar-refractivity contribution in [2.45, 2.75) is 219 Å². The minimum Gasteiger partial charge on any atom is -0.481 e. The summed E-state index contributed by atoms with van der Waals surface area (Å²) in [4.78, 5) is 23.2. The summed E-state index contributed by atoms with van der Waals surface area (Å²) in [6.07, 6.45) is 49.1. The second-order valence-electron chi connectivity index (χ2n) is 13.5. The number of hydrogen-bond donors (Lipinski definition) is 1. The molecule has 0 aliphatic heterocycles. The monoisotopic (exact) mass is 645 g/mol. The summed E-state index contributed by atoms with van der Waals surface area (Å²) < 4.78 is 5.85. The summed E-state index contributed by atoms with van der Waals surface area (Å²) in [7, 11) is 0. The Hall–Kier alpha value is -1.84. The van der Waals surface area contributed by atoms with Crippen LogP contribution in [0.1, 0.15) is 213 Å². The Morgan fingerprint density at radius 2 is 0.913 bits per heavy atom. The standard InChI is InChI=1S/C42H76O4/c1-3-5-7-9-11-12-13-14-15-16-17-18-19-20-21-22-23-24-25-26-27-29-35-39-42(45)46-40(36-32-28-10-8-6-4-2)37-33-30-31-34-38-41(43)44/h13-14,16-17,32,36,40H,3-12,15,18-31,33-35,37-39H2,1-2H3,(H,43,44)/b14-13-,17-16-,36-32-. The molecule has 0 fully saturated rings. The van der Waals surface area contributed by atoms with E-state index in [0.29, 0.717) is 6.42 Å². The maximum absolute atomic E-state index is 12.5. The maximum atomic E-state index is 12.5. The van der Waals surface area contributed by atoms with Gasteiger partial charge in [-0.1, -0.05) is 160 Å². The molecule has 268 valence electrons. The van der Waals surface area contributed by atoms with Crippen molar-refractivity contribution in [3.8, 4) is 0 Å². The van der Waals surface area contributed by atoms with Gasteiger partial charge >= 0.3 is 11.9 Å². The van der Waals surface area contributed by atoms with Crippen LogP contribution >= 0.6 is 0 Å². The third kappa shape index (κ3) is 36.6. The van der Waals surface area contributed by atoms with E-state index in [9.17, 15) is 9.59 Å². The fraction of sp³-hybridized carbons (Fsp3) is 0.810. The first-order valence-corrected chi connectivity index (χ1v) is 20.0. The number of carboxylic acid groups (broad SMARTS) is 1. The smallest absolute Gasteiger partial charge is 0.306 e. The molecular weight excluding hydrogens is 568 g/mol. The average Bonchev–Trinajstić information content (AvgIpc) is 3.04. The van der Waals surface area contributed by atoms with Crippen molar-refractivity contribution in [2.24, 2.45) is 0 Å². The van der Waals surface area contributed by atoms with Crippen molar-refractivity contribution in [3.63, 3.8) is 0 Å². The lowest BCUT2D eigenvalue weighted by atomic mass is 10.0. The predicted molar refractivity (Wildman–Crippen MR) is 199 cm³/mol. The molecule has 0 amide bonds. The van der Waals surface area contributed by atoms with Gasteiger partial charge in [0.25, 0.3) is 0 Å². The molecule has 0 aliphatic carbocycles. The van der Waals surface area contributed by atoms with Crippen LogP contribution in [0.25, 0.3) is 0 Å². The molecule has 0 heterocycles. The fourth-order valence-electron chi connectivity index (χ4n) is 5.83. The molecule has 4 nitrogen and oxygen atoms in total. The Balaban J connectivity index is 3.75. The van der Waals surface area contributed by atoms with Crippen molar-refractivity contribution in [2.75, 3.05) is 0 Å². The van der Waals surface area contributed by atoms with Gasteiger partial charge in [0.15, 0.2) is 0 Å². The SMILES string of the molecule is CCCCCC/C=C\C(CCCCCCC(=O)O)OC(=O)CCCCCCCCCCCCC/C=C\C/C=C\CCCCCCC.